The van der Waals surface area contributed by atoms with Gasteiger partial charge >= 0.3 is 11.1 Å². The van der Waals surface area contributed by atoms with Crippen LogP contribution in [0.1, 0.15) is 12.0 Å². The van der Waals surface area contributed by atoms with Crippen LogP contribution in [0.15, 0.2) is 51.5 Å². The van der Waals surface area contributed by atoms with Gasteiger partial charge < -0.3 is 20.1 Å². The summed E-state index contributed by atoms with van der Waals surface area (Å²) in [5.41, 5.74) is -0.228. The number of hydrogen-bond acceptors (Lipinski definition) is 4. The Morgan fingerprint density at radius 3 is 2.70 bits per heavy atom. The Labute approximate surface area is 130 Å². The second-order valence-corrected chi connectivity index (χ2v) is 5.06. The fraction of sp³-hybridized carbons (Fsp3) is 0.200. The zero-order valence-corrected chi connectivity index (χ0v) is 12.2. The highest BCUT2D eigenvalue weighted by Crippen LogP contribution is 2.09. The van der Waals surface area contributed by atoms with Crippen LogP contribution in [-0.2, 0) is 6.54 Å². The van der Waals surface area contributed by atoms with Gasteiger partial charge in [0, 0.05) is 13.0 Å². The van der Waals surface area contributed by atoms with Crippen molar-refractivity contribution >= 4 is 16.9 Å². The van der Waals surface area contributed by atoms with E-state index in [0.717, 1.165) is 13.0 Å². The predicted molar refractivity (Wildman–Crippen MR) is 82.2 cm³/mol. The minimum absolute atomic E-state index is 0.349. The van der Waals surface area contributed by atoms with Gasteiger partial charge in [0.05, 0.1) is 17.6 Å². The molecule has 118 valence electrons. The number of nitrogens with zero attached hydrogens (tertiary/aromatic N) is 2. The minimum Gasteiger partial charge on any atom is -0.858 e. The summed E-state index contributed by atoms with van der Waals surface area (Å²) < 4.78 is 1.97. The molecule has 3 N–H and O–H groups in total. The number of benzene rings is 1. The van der Waals surface area contributed by atoms with E-state index in [1.54, 1.807) is 12.1 Å². The third kappa shape index (κ3) is 3.37. The Morgan fingerprint density at radius 2 is 1.96 bits per heavy atom. The molecule has 0 aliphatic carbocycles. The number of fused-ring (bicyclic) bond motifs is 1. The van der Waals surface area contributed by atoms with E-state index < -0.39 is 11.1 Å². The average Bonchev–Trinajstić information content (AvgIpc) is 3.05. The van der Waals surface area contributed by atoms with Gasteiger partial charge in [-0.15, -0.1) is 0 Å². The van der Waals surface area contributed by atoms with Crippen molar-refractivity contribution in [2.45, 2.75) is 13.0 Å². The zero-order valence-electron chi connectivity index (χ0n) is 12.2. The number of aromatic nitrogens is 4. The first-order valence-corrected chi connectivity index (χ1v) is 7.13. The lowest BCUT2D eigenvalue weighted by molar-refractivity contribution is -0.695. The molecule has 0 atom stereocenters. The number of nitrogens with one attached hydrogen (secondary N) is 3. The highest BCUT2D eigenvalue weighted by atomic mass is 16.3. The molecule has 23 heavy (non-hydrogen) atoms. The van der Waals surface area contributed by atoms with Crippen LogP contribution in [0.2, 0.25) is 0 Å². The smallest absolute Gasteiger partial charge is 0.314 e. The molecule has 0 amide bonds. The number of aryl methyl sites for hydroxylation is 1. The lowest BCUT2D eigenvalue weighted by Crippen LogP contribution is -2.31. The summed E-state index contributed by atoms with van der Waals surface area (Å²) in [4.78, 5) is 34.4. The Kier molecular flexibility index (Phi) is 4.05. The van der Waals surface area contributed by atoms with E-state index in [4.69, 9.17) is 0 Å². The maximum absolute atomic E-state index is 12.1. The summed E-state index contributed by atoms with van der Waals surface area (Å²) in [6, 6.07) is 4.66. The van der Waals surface area contributed by atoms with Crippen molar-refractivity contribution in [2.75, 3.05) is 6.54 Å². The average molecular weight is 313 g/mol. The van der Waals surface area contributed by atoms with Crippen molar-refractivity contribution in [3.05, 3.63) is 63.2 Å². The van der Waals surface area contributed by atoms with Crippen LogP contribution in [0.3, 0.4) is 0 Å². The molecule has 2 heterocycles. The number of aromatic amines is 3. The second-order valence-electron chi connectivity index (χ2n) is 5.06. The molecule has 0 aliphatic rings. The van der Waals surface area contributed by atoms with E-state index >= 15 is 0 Å². The van der Waals surface area contributed by atoms with Gasteiger partial charge in [-0.1, -0.05) is 6.07 Å². The van der Waals surface area contributed by atoms with Crippen molar-refractivity contribution in [1.29, 1.82) is 0 Å². The van der Waals surface area contributed by atoms with Crippen molar-refractivity contribution < 1.29 is 9.67 Å². The van der Waals surface area contributed by atoms with Crippen molar-refractivity contribution in [3.63, 3.8) is 0 Å². The summed E-state index contributed by atoms with van der Waals surface area (Å²) in [5, 5.41) is 12.1. The SMILES string of the molecule is O=c1[nH]c2ccc(C([O-])=NCCC[n+]3cc[nH]c3)cc2[nH]c1=O. The van der Waals surface area contributed by atoms with Gasteiger partial charge in [0.2, 0.25) is 6.33 Å². The first-order chi connectivity index (χ1) is 11.1. The summed E-state index contributed by atoms with van der Waals surface area (Å²) in [6.07, 6.45) is 6.30. The molecule has 8 nitrogen and oxygen atoms in total. The number of H-pyrrole nitrogens is 3. The molecule has 3 aromatic rings. The van der Waals surface area contributed by atoms with Crippen LogP contribution in [0.4, 0.5) is 0 Å². The molecule has 1 aromatic carbocycles. The Balaban J connectivity index is 1.73. The summed E-state index contributed by atoms with van der Waals surface area (Å²) in [6.45, 7) is 1.18. The van der Waals surface area contributed by atoms with Crippen molar-refractivity contribution in [2.24, 2.45) is 4.99 Å². The number of rotatable bonds is 5. The Hall–Kier alpha value is -3.16. The Bertz CT molecular complexity index is 953. The van der Waals surface area contributed by atoms with E-state index in [0.29, 0.717) is 23.1 Å². The molecule has 0 unspecified atom stereocenters. The summed E-state index contributed by atoms with van der Waals surface area (Å²) in [5.74, 6) is -0.349. The van der Waals surface area contributed by atoms with E-state index in [-0.39, 0.29) is 5.90 Å². The molecular formula is C15H15N5O3. The lowest BCUT2D eigenvalue weighted by Gasteiger charge is -2.11. The minimum atomic E-state index is -0.748. The maximum Gasteiger partial charge on any atom is 0.314 e. The van der Waals surface area contributed by atoms with Gasteiger partial charge in [0.15, 0.2) is 0 Å². The molecule has 3 rings (SSSR count). The summed E-state index contributed by atoms with van der Waals surface area (Å²) in [7, 11) is 0. The molecule has 0 bridgehead atoms. The monoisotopic (exact) mass is 313 g/mol. The first-order valence-electron chi connectivity index (χ1n) is 7.13. The third-order valence-corrected chi connectivity index (χ3v) is 3.40. The maximum atomic E-state index is 12.1. The van der Waals surface area contributed by atoms with Crippen LogP contribution in [0.5, 0.6) is 0 Å². The molecule has 0 saturated heterocycles. The third-order valence-electron chi connectivity index (χ3n) is 3.40. The topological polar surface area (TPSA) is 121 Å². The van der Waals surface area contributed by atoms with Gasteiger partial charge in [0.25, 0.3) is 0 Å². The molecule has 2 aromatic heterocycles. The number of aliphatic imine (C=N–C) groups is 1. The van der Waals surface area contributed by atoms with Gasteiger partial charge in [0.1, 0.15) is 12.4 Å². The second kappa shape index (κ2) is 6.30. The molecule has 0 radical (unpaired) electrons. The van der Waals surface area contributed by atoms with E-state index in [1.807, 2.05) is 23.3 Å². The van der Waals surface area contributed by atoms with E-state index in [9.17, 15) is 14.7 Å². The van der Waals surface area contributed by atoms with E-state index in [1.165, 1.54) is 6.07 Å². The molecule has 0 fully saturated rings. The van der Waals surface area contributed by atoms with E-state index in [2.05, 4.69) is 19.9 Å². The molecule has 0 aliphatic heterocycles. The van der Waals surface area contributed by atoms with Crippen LogP contribution >= 0.6 is 0 Å². The molecule has 0 saturated carbocycles. The highest BCUT2D eigenvalue weighted by molar-refractivity contribution is 5.94. The van der Waals surface area contributed by atoms with Crippen molar-refractivity contribution in [1.82, 2.24) is 15.0 Å². The predicted octanol–water partition coefficient (Wildman–Crippen LogP) is -0.971. The summed E-state index contributed by atoms with van der Waals surface area (Å²) >= 11 is 0. The Morgan fingerprint density at radius 1 is 1.17 bits per heavy atom. The van der Waals surface area contributed by atoms with Gasteiger partial charge in [-0.3, -0.25) is 14.6 Å². The first kappa shape index (κ1) is 14.8. The normalized spacial score (nSPS) is 11.9. The number of hydrogen-bond donors (Lipinski definition) is 3. The largest absolute Gasteiger partial charge is 0.858 e. The zero-order chi connectivity index (χ0) is 16.2. The van der Waals surface area contributed by atoms with Gasteiger partial charge in [-0.05, 0) is 23.6 Å². The van der Waals surface area contributed by atoms with Gasteiger partial charge in [-0.25, -0.2) is 4.57 Å². The van der Waals surface area contributed by atoms with Crippen LogP contribution in [0, 0.1) is 0 Å². The molecule has 8 heteroatoms. The quantitative estimate of drug-likeness (QED) is 0.185. The van der Waals surface area contributed by atoms with Crippen LogP contribution in [0.25, 0.3) is 11.0 Å². The van der Waals surface area contributed by atoms with Crippen LogP contribution in [-0.4, -0.2) is 27.4 Å². The standard InChI is InChI=1S/C15H15N5O3/c21-13(17-4-1-6-20-7-5-16-9-20)10-2-3-11-12(8-10)19-15(23)14(22)18-11/h2-3,5,7-9H,1,4,6H2,(H3,17,18,19,21,22,23). The highest BCUT2D eigenvalue weighted by Gasteiger charge is 2.01. The van der Waals surface area contributed by atoms with Gasteiger partial charge in [-0.2, -0.15) is 0 Å². The fourth-order valence-corrected chi connectivity index (χ4v) is 2.23. The fourth-order valence-electron chi connectivity index (χ4n) is 2.23. The number of imidazole rings is 1. The molecule has 0 spiro atoms. The molecular weight excluding hydrogens is 298 g/mol. The van der Waals surface area contributed by atoms with Crippen LogP contribution < -0.4 is 20.8 Å². The van der Waals surface area contributed by atoms with Crippen molar-refractivity contribution in [3.8, 4) is 0 Å². The lowest BCUT2D eigenvalue weighted by atomic mass is 10.2.